The minimum atomic E-state index is 0. The Morgan fingerprint density at radius 1 is 1.09 bits per heavy atom. The summed E-state index contributed by atoms with van der Waals surface area (Å²) in [6, 6.07) is 12.8. The SMILES string of the molecule is CCCC1CCC(C(=O)Nc2c[c-]c(C)cc2)CC1.CCc1c(C)cc(Br)cc1C(C)=O.[CH3-].[U+2]. The van der Waals surface area contributed by atoms with Crippen molar-refractivity contribution in [1.82, 2.24) is 0 Å². The van der Waals surface area contributed by atoms with Crippen LogP contribution >= 0.6 is 15.9 Å². The van der Waals surface area contributed by atoms with Gasteiger partial charge < -0.3 is 12.7 Å². The fourth-order valence-electron chi connectivity index (χ4n) is 4.50. The second-order valence-electron chi connectivity index (χ2n) is 8.91. The minimum Gasteiger partial charge on any atom is -0.379 e. The summed E-state index contributed by atoms with van der Waals surface area (Å²) >= 11 is 3.39. The van der Waals surface area contributed by atoms with Gasteiger partial charge in [0.15, 0.2) is 5.78 Å². The van der Waals surface area contributed by atoms with Crippen molar-refractivity contribution >= 4 is 33.3 Å². The van der Waals surface area contributed by atoms with Crippen molar-refractivity contribution in [3.05, 3.63) is 70.6 Å². The average Bonchev–Trinajstić information content (AvgIpc) is 2.76. The predicted octanol–water partition coefficient (Wildman–Crippen LogP) is 8.31. The van der Waals surface area contributed by atoms with Gasteiger partial charge in [-0.15, -0.1) is 6.07 Å². The molecule has 0 bridgehead atoms. The molecule has 1 aliphatic rings. The molecule has 0 spiro atoms. The fourth-order valence-corrected chi connectivity index (χ4v) is 5.07. The number of Topliss-reactive ketones (excluding diaryl/α,β-unsaturated/α-hetero) is 1. The first-order chi connectivity index (χ1) is 15.2. The number of hydrogen-bond acceptors (Lipinski definition) is 2. The zero-order valence-corrected chi connectivity index (χ0v) is 27.4. The van der Waals surface area contributed by atoms with E-state index >= 15 is 0 Å². The van der Waals surface area contributed by atoms with Crippen molar-refractivity contribution in [2.75, 3.05) is 5.32 Å². The number of hydrogen-bond donors (Lipinski definition) is 1. The number of aryl methyl sites for hydroxylation is 2. The van der Waals surface area contributed by atoms with Gasteiger partial charge in [-0.2, -0.15) is 23.8 Å². The molecular formula is C29H40BrNO2U. The molecule has 1 amide bonds. The topological polar surface area (TPSA) is 46.2 Å². The van der Waals surface area contributed by atoms with Crippen LogP contribution in [0.15, 0.2) is 34.8 Å². The number of anilines is 1. The number of rotatable bonds is 6. The van der Waals surface area contributed by atoms with E-state index in [0.717, 1.165) is 52.0 Å². The third-order valence-electron chi connectivity index (χ3n) is 6.32. The van der Waals surface area contributed by atoms with Gasteiger partial charge in [-0.1, -0.05) is 55.2 Å². The second kappa shape index (κ2) is 16.7. The van der Waals surface area contributed by atoms with Crippen molar-refractivity contribution in [3.63, 3.8) is 0 Å². The molecular weight excluding hydrogens is 712 g/mol. The van der Waals surface area contributed by atoms with E-state index in [2.05, 4.69) is 41.2 Å². The number of nitrogens with one attached hydrogen (secondary N) is 1. The van der Waals surface area contributed by atoms with Crippen molar-refractivity contribution in [2.45, 2.75) is 79.6 Å². The molecule has 1 saturated carbocycles. The van der Waals surface area contributed by atoms with E-state index in [1.54, 1.807) is 6.92 Å². The van der Waals surface area contributed by atoms with E-state index in [-0.39, 0.29) is 56.1 Å². The smallest absolute Gasteiger partial charge is 0.379 e. The van der Waals surface area contributed by atoms with E-state index in [0.29, 0.717) is 0 Å². The van der Waals surface area contributed by atoms with Crippen LogP contribution in [-0.4, -0.2) is 11.7 Å². The fraction of sp³-hybridized carbons (Fsp3) is 0.483. The number of benzene rings is 2. The molecule has 0 aromatic heterocycles. The number of carbonyl (C=O) groups is 2. The largest absolute Gasteiger partial charge is 2.00 e. The Balaban J connectivity index is 0.000000644. The minimum absolute atomic E-state index is 0. The molecule has 1 fully saturated rings. The van der Waals surface area contributed by atoms with Crippen LogP contribution in [0, 0.1) is 70.3 Å². The Morgan fingerprint density at radius 2 is 1.74 bits per heavy atom. The molecule has 2 aromatic rings. The van der Waals surface area contributed by atoms with Crippen molar-refractivity contribution in [2.24, 2.45) is 11.8 Å². The molecule has 0 unspecified atom stereocenters. The maximum Gasteiger partial charge on any atom is 2.00 e. The molecule has 5 heteroatoms. The molecule has 0 radical (unpaired) electrons. The van der Waals surface area contributed by atoms with Gasteiger partial charge in [0, 0.05) is 16.0 Å². The molecule has 0 heterocycles. The van der Waals surface area contributed by atoms with Crippen molar-refractivity contribution in [3.8, 4) is 0 Å². The summed E-state index contributed by atoms with van der Waals surface area (Å²) in [5.41, 5.74) is 5.15. The Morgan fingerprint density at radius 3 is 2.24 bits per heavy atom. The van der Waals surface area contributed by atoms with Crippen molar-refractivity contribution < 1.29 is 40.7 Å². The van der Waals surface area contributed by atoms with E-state index in [1.165, 1.54) is 31.2 Å². The van der Waals surface area contributed by atoms with Crippen LogP contribution in [0.1, 0.15) is 86.3 Å². The van der Waals surface area contributed by atoms with Crippen LogP contribution in [0.5, 0.6) is 0 Å². The Kier molecular flexibility index (Phi) is 16.3. The van der Waals surface area contributed by atoms with Crippen LogP contribution in [0.4, 0.5) is 5.69 Å². The Hall–Kier alpha value is -0.888. The first kappa shape index (κ1) is 33.1. The molecule has 184 valence electrons. The Labute approximate surface area is 239 Å². The van der Waals surface area contributed by atoms with Crippen LogP contribution in [0.2, 0.25) is 0 Å². The molecule has 0 atom stereocenters. The summed E-state index contributed by atoms with van der Waals surface area (Å²) in [7, 11) is 0. The third kappa shape index (κ3) is 10.4. The summed E-state index contributed by atoms with van der Waals surface area (Å²) in [6.07, 6.45) is 8.02. The van der Waals surface area contributed by atoms with Crippen LogP contribution < -0.4 is 5.32 Å². The quantitative estimate of drug-likeness (QED) is 0.239. The van der Waals surface area contributed by atoms with Crippen LogP contribution in [0.25, 0.3) is 0 Å². The first-order valence-corrected chi connectivity index (χ1v) is 12.6. The van der Waals surface area contributed by atoms with Crippen LogP contribution in [-0.2, 0) is 11.2 Å². The van der Waals surface area contributed by atoms with Crippen molar-refractivity contribution in [1.29, 1.82) is 0 Å². The van der Waals surface area contributed by atoms with Gasteiger partial charge in [-0.25, -0.2) is 0 Å². The molecule has 0 aliphatic heterocycles. The van der Waals surface area contributed by atoms with E-state index in [1.807, 2.05) is 44.2 Å². The van der Waals surface area contributed by atoms with E-state index < -0.39 is 0 Å². The zero-order chi connectivity index (χ0) is 23.7. The summed E-state index contributed by atoms with van der Waals surface area (Å²) in [5, 5.41) is 3.02. The first-order valence-electron chi connectivity index (χ1n) is 11.8. The third-order valence-corrected chi connectivity index (χ3v) is 6.78. The molecule has 1 aliphatic carbocycles. The van der Waals surface area contributed by atoms with E-state index in [4.69, 9.17) is 0 Å². The maximum absolute atomic E-state index is 12.2. The van der Waals surface area contributed by atoms with Crippen LogP contribution in [0.3, 0.4) is 0 Å². The maximum atomic E-state index is 12.2. The number of halogens is 1. The summed E-state index contributed by atoms with van der Waals surface area (Å²) in [6.45, 7) is 9.96. The molecule has 0 saturated heterocycles. The molecule has 34 heavy (non-hydrogen) atoms. The Bertz CT molecular complexity index is 903. The van der Waals surface area contributed by atoms with Gasteiger partial charge in [0.2, 0.25) is 5.91 Å². The zero-order valence-electron chi connectivity index (χ0n) is 21.7. The molecule has 3 nitrogen and oxygen atoms in total. The number of ketones is 1. The predicted molar refractivity (Wildman–Crippen MR) is 144 cm³/mol. The molecule has 1 N–H and O–H groups in total. The normalized spacial score (nSPS) is 16.8. The monoisotopic (exact) mass is 751 g/mol. The van der Waals surface area contributed by atoms with E-state index in [9.17, 15) is 9.59 Å². The molecule has 2 aromatic carbocycles. The summed E-state index contributed by atoms with van der Waals surface area (Å²) in [5.74, 6) is 1.38. The summed E-state index contributed by atoms with van der Waals surface area (Å²) in [4.78, 5) is 23.5. The standard InChI is InChI=1S/C17H24NO.C11H13BrO.CH3.U/c1-3-4-14-7-9-15(10-8-14)17(19)18-16-11-5-13(2)6-12-16;1-4-10-7(2)5-9(12)6-11(10)8(3)13;;/h5,11-12,14-15H,3-4,7-10H2,1-2H3,(H,18,19);5-6H,4H2,1-3H3;1H3;/q-1;;-1;+2. The van der Waals surface area contributed by atoms with Gasteiger partial charge >= 0.3 is 31.1 Å². The van der Waals surface area contributed by atoms with Gasteiger partial charge in [0.25, 0.3) is 0 Å². The summed E-state index contributed by atoms with van der Waals surface area (Å²) < 4.78 is 0.979. The number of carbonyl (C=O) groups excluding carboxylic acids is 2. The second-order valence-corrected chi connectivity index (χ2v) is 9.83. The average molecular weight is 753 g/mol. The number of amides is 1. The van der Waals surface area contributed by atoms with Gasteiger partial charge in [-0.3, -0.25) is 9.59 Å². The molecule has 3 rings (SSSR count). The van der Waals surface area contributed by atoms with Gasteiger partial charge in [0.05, 0.1) is 0 Å². The van der Waals surface area contributed by atoms with Gasteiger partial charge in [-0.05, 0) is 75.1 Å². The van der Waals surface area contributed by atoms with Gasteiger partial charge in [0.1, 0.15) is 0 Å².